The van der Waals surface area contributed by atoms with Crippen molar-refractivity contribution >= 4 is 29.1 Å². The summed E-state index contributed by atoms with van der Waals surface area (Å²) in [6.07, 6.45) is 4.42. The highest BCUT2D eigenvalue weighted by atomic mass is 35.5. The Hall–Kier alpha value is -3.07. The summed E-state index contributed by atoms with van der Waals surface area (Å²) in [4.78, 5) is 24.7. The number of rotatable bonds is 6. The first-order valence-electron chi connectivity index (χ1n) is 7.76. The number of carbonyl (C=O) groups excluding carboxylic acids is 2. The van der Waals surface area contributed by atoms with Gasteiger partial charge in [0.05, 0.1) is 41.6 Å². The minimum absolute atomic E-state index is 0.0269. The fourth-order valence-electron chi connectivity index (χ4n) is 2.37. The van der Waals surface area contributed by atoms with Gasteiger partial charge in [-0.3, -0.25) is 19.0 Å². The zero-order valence-corrected chi connectivity index (χ0v) is 14.9. The van der Waals surface area contributed by atoms with Crippen LogP contribution in [-0.4, -0.2) is 31.4 Å². The van der Waals surface area contributed by atoms with Crippen molar-refractivity contribution in [2.24, 2.45) is 7.05 Å². The molecular weight excluding hydrogens is 360 g/mol. The summed E-state index contributed by atoms with van der Waals surface area (Å²) in [6, 6.07) is 3.49. The van der Waals surface area contributed by atoms with E-state index in [2.05, 4.69) is 20.8 Å². The fraction of sp³-hybridized carbons (Fsp3) is 0.250. The number of nitrogens with one attached hydrogen (secondary N) is 2. The van der Waals surface area contributed by atoms with Crippen LogP contribution in [0.4, 0.5) is 5.69 Å². The van der Waals surface area contributed by atoms with Gasteiger partial charge in [0.2, 0.25) is 5.91 Å². The predicted octanol–water partition coefficient (Wildman–Crippen LogP) is 1.74. The molecule has 3 aromatic rings. The molecule has 0 bridgehead atoms. The molecule has 0 fully saturated rings. The van der Waals surface area contributed by atoms with Crippen LogP contribution in [0.25, 0.3) is 0 Å². The van der Waals surface area contributed by atoms with Gasteiger partial charge < -0.3 is 15.1 Å². The second-order valence-electron chi connectivity index (χ2n) is 5.58. The number of aryl methyl sites for hydroxylation is 1. The molecule has 136 valence electrons. The van der Waals surface area contributed by atoms with Gasteiger partial charge in [0.25, 0.3) is 5.91 Å². The molecule has 3 heterocycles. The predicted molar refractivity (Wildman–Crippen MR) is 93.7 cm³/mol. The number of amides is 2. The molecule has 9 nitrogen and oxygen atoms in total. The average Bonchev–Trinajstić information content (AvgIpc) is 3.31. The lowest BCUT2D eigenvalue weighted by atomic mass is 10.3. The molecule has 0 aromatic carbocycles. The summed E-state index contributed by atoms with van der Waals surface area (Å²) < 4.78 is 8.05. The number of halogens is 1. The summed E-state index contributed by atoms with van der Waals surface area (Å²) in [5, 5.41) is 14.0. The normalized spacial score (nSPS) is 10.7. The lowest BCUT2D eigenvalue weighted by molar-refractivity contribution is -0.116. The molecule has 3 rings (SSSR count). The van der Waals surface area contributed by atoms with E-state index in [1.807, 2.05) is 0 Å². The van der Waals surface area contributed by atoms with Gasteiger partial charge in [-0.05, 0) is 19.1 Å². The Bertz CT molecular complexity index is 928. The largest absolute Gasteiger partial charge is 0.467 e. The molecule has 0 aliphatic carbocycles. The SMILES string of the molecule is Cc1c(Cl)cnn1CC(=O)Nc1cnn(C)c1C(=O)NCc1ccco1. The van der Waals surface area contributed by atoms with Gasteiger partial charge in [-0.15, -0.1) is 0 Å². The summed E-state index contributed by atoms with van der Waals surface area (Å²) in [7, 11) is 1.62. The van der Waals surface area contributed by atoms with Gasteiger partial charge >= 0.3 is 0 Å². The van der Waals surface area contributed by atoms with E-state index in [0.717, 1.165) is 0 Å². The van der Waals surface area contributed by atoms with Crippen molar-refractivity contribution in [3.63, 3.8) is 0 Å². The van der Waals surface area contributed by atoms with Gasteiger partial charge in [0.1, 0.15) is 18.0 Å². The molecule has 0 saturated heterocycles. The van der Waals surface area contributed by atoms with Crippen LogP contribution in [-0.2, 0) is 24.9 Å². The fourth-order valence-corrected chi connectivity index (χ4v) is 2.51. The molecule has 0 unspecified atom stereocenters. The molecule has 0 saturated carbocycles. The number of hydrogen-bond acceptors (Lipinski definition) is 5. The van der Waals surface area contributed by atoms with E-state index in [0.29, 0.717) is 22.2 Å². The third-order valence-corrected chi connectivity index (χ3v) is 4.14. The smallest absolute Gasteiger partial charge is 0.272 e. The van der Waals surface area contributed by atoms with E-state index in [1.54, 1.807) is 26.1 Å². The molecular formula is C16H17ClN6O3. The Morgan fingerprint density at radius 1 is 1.31 bits per heavy atom. The molecule has 0 aliphatic heterocycles. The minimum Gasteiger partial charge on any atom is -0.467 e. The summed E-state index contributed by atoms with van der Waals surface area (Å²) in [6.45, 7) is 1.97. The average molecular weight is 377 g/mol. The van der Waals surface area contributed by atoms with Crippen molar-refractivity contribution in [1.29, 1.82) is 0 Å². The van der Waals surface area contributed by atoms with Crippen LogP contribution in [0.1, 0.15) is 21.9 Å². The third-order valence-electron chi connectivity index (χ3n) is 3.77. The van der Waals surface area contributed by atoms with E-state index in [-0.39, 0.29) is 30.6 Å². The highest BCUT2D eigenvalue weighted by molar-refractivity contribution is 6.31. The lowest BCUT2D eigenvalue weighted by Crippen LogP contribution is -2.27. The van der Waals surface area contributed by atoms with Crippen LogP contribution in [0, 0.1) is 6.92 Å². The highest BCUT2D eigenvalue weighted by Gasteiger charge is 2.19. The van der Waals surface area contributed by atoms with Gasteiger partial charge in [0.15, 0.2) is 0 Å². The van der Waals surface area contributed by atoms with Crippen LogP contribution < -0.4 is 10.6 Å². The van der Waals surface area contributed by atoms with Crippen molar-refractivity contribution in [2.75, 3.05) is 5.32 Å². The van der Waals surface area contributed by atoms with Crippen LogP contribution in [0.3, 0.4) is 0 Å². The lowest BCUT2D eigenvalue weighted by Gasteiger charge is -2.09. The summed E-state index contributed by atoms with van der Waals surface area (Å²) in [5.74, 6) is -0.104. The van der Waals surface area contributed by atoms with Crippen LogP contribution >= 0.6 is 11.6 Å². The Balaban J connectivity index is 1.67. The first-order chi connectivity index (χ1) is 12.5. The third kappa shape index (κ3) is 3.77. The maximum absolute atomic E-state index is 12.4. The molecule has 0 spiro atoms. The first kappa shape index (κ1) is 17.7. The number of anilines is 1. The van der Waals surface area contributed by atoms with E-state index < -0.39 is 0 Å². The molecule has 26 heavy (non-hydrogen) atoms. The maximum atomic E-state index is 12.4. The Morgan fingerprint density at radius 3 is 2.77 bits per heavy atom. The van der Waals surface area contributed by atoms with Gasteiger partial charge in [-0.1, -0.05) is 11.6 Å². The van der Waals surface area contributed by atoms with E-state index in [1.165, 1.54) is 28.0 Å². The molecule has 0 aliphatic rings. The highest BCUT2D eigenvalue weighted by Crippen LogP contribution is 2.16. The number of aromatic nitrogens is 4. The molecule has 2 N–H and O–H groups in total. The molecule has 0 radical (unpaired) electrons. The molecule has 3 aromatic heterocycles. The Labute approximate surface area is 153 Å². The van der Waals surface area contributed by atoms with Crippen molar-refractivity contribution in [3.05, 3.63) is 53.0 Å². The second-order valence-corrected chi connectivity index (χ2v) is 5.98. The summed E-state index contributed by atoms with van der Waals surface area (Å²) >= 11 is 5.93. The molecule has 10 heteroatoms. The van der Waals surface area contributed by atoms with Gasteiger partial charge in [-0.25, -0.2) is 0 Å². The minimum atomic E-state index is -0.380. The van der Waals surface area contributed by atoms with Gasteiger partial charge in [-0.2, -0.15) is 10.2 Å². The number of nitrogens with zero attached hydrogens (tertiary/aromatic N) is 4. The van der Waals surface area contributed by atoms with Crippen molar-refractivity contribution < 1.29 is 14.0 Å². The van der Waals surface area contributed by atoms with E-state index in [4.69, 9.17) is 16.0 Å². The van der Waals surface area contributed by atoms with Crippen molar-refractivity contribution in [1.82, 2.24) is 24.9 Å². The molecule has 0 atom stereocenters. The first-order valence-corrected chi connectivity index (χ1v) is 8.14. The van der Waals surface area contributed by atoms with Crippen LogP contribution in [0.5, 0.6) is 0 Å². The number of carbonyl (C=O) groups is 2. The Morgan fingerprint density at radius 2 is 2.12 bits per heavy atom. The van der Waals surface area contributed by atoms with Crippen molar-refractivity contribution in [3.8, 4) is 0 Å². The standard InChI is InChI=1S/C16H17ClN6O3/c1-10-12(17)7-20-23(10)9-14(24)21-13-8-19-22(2)15(13)16(25)18-6-11-4-3-5-26-11/h3-5,7-8H,6,9H2,1-2H3,(H,18,25)(H,21,24). The monoisotopic (exact) mass is 376 g/mol. The summed E-state index contributed by atoms with van der Waals surface area (Å²) in [5.41, 5.74) is 1.23. The van der Waals surface area contributed by atoms with Crippen molar-refractivity contribution in [2.45, 2.75) is 20.0 Å². The molecule has 2 amide bonds. The van der Waals surface area contributed by atoms with E-state index in [9.17, 15) is 9.59 Å². The number of hydrogen-bond donors (Lipinski definition) is 2. The van der Waals surface area contributed by atoms with Gasteiger partial charge in [0, 0.05) is 7.05 Å². The maximum Gasteiger partial charge on any atom is 0.272 e. The topological polar surface area (TPSA) is 107 Å². The second kappa shape index (κ2) is 7.44. The van der Waals surface area contributed by atoms with Crippen LogP contribution in [0.15, 0.2) is 35.2 Å². The quantitative estimate of drug-likeness (QED) is 0.681. The number of furan rings is 1. The zero-order valence-electron chi connectivity index (χ0n) is 14.2. The van der Waals surface area contributed by atoms with Crippen LogP contribution in [0.2, 0.25) is 5.02 Å². The Kier molecular flexibility index (Phi) is 5.08. The van der Waals surface area contributed by atoms with E-state index >= 15 is 0 Å². The zero-order chi connectivity index (χ0) is 18.7.